The lowest BCUT2D eigenvalue weighted by atomic mass is 10.1. The number of fused-ring (bicyclic) bond motifs is 1. The van der Waals surface area contributed by atoms with Crippen LogP contribution < -0.4 is 5.73 Å². The van der Waals surface area contributed by atoms with Gasteiger partial charge in [0.15, 0.2) is 5.65 Å². The number of hydrogen-bond donors (Lipinski definition) is 2. The van der Waals surface area contributed by atoms with Gasteiger partial charge in [-0.15, -0.1) is 0 Å². The van der Waals surface area contributed by atoms with Crippen molar-refractivity contribution in [2.75, 3.05) is 5.73 Å². The van der Waals surface area contributed by atoms with Crippen molar-refractivity contribution in [3.63, 3.8) is 0 Å². The molecule has 0 saturated carbocycles. The van der Waals surface area contributed by atoms with Crippen LogP contribution in [0.25, 0.3) is 11.2 Å². The van der Waals surface area contributed by atoms with Gasteiger partial charge in [0, 0.05) is 6.42 Å². The maximum absolute atomic E-state index is 13.1. The molecule has 0 bridgehead atoms. The van der Waals surface area contributed by atoms with E-state index in [4.69, 9.17) is 5.73 Å². The second-order valence-electron chi connectivity index (χ2n) is 4.10. The Hall–Kier alpha value is -2.43. The number of hydrogen-bond acceptors (Lipinski definition) is 3. The molecule has 5 heteroatoms. The number of nitrogens with one attached hydrogen (secondary N) is 1. The number of nitrogens with zero attached hydrogens (tertiary/aromatic N) is 2. The van der Waals surface area contributed by atoms with Crippen LogP contribution in [0.15, 0.2) is 36.4 Å². The minimum Gasteiger partial charge on any atom is -0.384 e. The fraction of sp³-hybridized carbons (Fsp3) is 0.0769. The largest absolute Gasteiger partial charge is 0.384 e. The predicted octanol–water partition coefficient (Wildman–Crippen LogP) is 2.27. The Bertz CT molecular complexity index is 705. The minimum absolute atomic E-state index is 0.244. The van der Waals surface area contributed by atoms with E-state index < -0.39 is 0 Å². The average molecular weight is 242 g/mol. The molecule has 90 valence electrons. The topological polar surface area (TPSA) is 67.6 Å². The normalized spacial score (nSPS) is 10.9. The smallest absolute Gasteiger partial charge is 0.179 e. The summed E-state index contributed by atoms with van der Waals surface area (Å²) in [6, 6.07) is 10.0. The van der Waals surface area contributed by atoms with Crippen molar-refractivity contribution < 1.29 is 4.39 Å². The molecular weight excluding hydrogens is 231 g/mol. The third kappa shape index (κ3) is 2.02. The highest BCUT2D eigenvalue weighted by molar-refractivity contribution is 5.72. The lowest BCUT2D eigenvalue weighted by Gasteiger charge is -1.97. The van der Waals surface area contributed by atoms with Crippen LogP contribution in [0.5, 0.6) is 0 Å². The Morgan fingerprint density at radius 1 is 1.17 bits per heavy atom. The van der Waals surface area contributed by atoms with Crippen LogP contribution in [-0.4, -0.2) is 15.0 Å². The number of halogens is 1. The number of benzene rings is 1. The van der Waals surface area contributed by atoms with E-state index in [-0.39, 0.29) is 5.82 Å². The Kier molecular flexibility index (Phi) is 2.44. The third-order valence-electron chi connectivity index (χ3n) is 2.68. The molecular formula is C13H11FN4. The van der Waals surface area contributed by atoms with Crippen molar-refractivity contribution in [1.82, 2.24) is 15.0 Å². The van der Waals surface area contributed by atoms with E-state index in [1.165, 1.54) is 12.1 Å². The van der Waals surface area contributed by atoms with Gasteiger partial charge in [-0.05, 0) is 29.8 Å². The van der Waals surface area contributed by atoms with Gasteiger partial charge in [0.2, 0.25) is 0 Å². The van der Waals surface area contributed by atoms with Crippen LogP contribution in [0.2, 0.25) is 0 Å². The summed E-state index contributed by atoms with van der Waals surface area (Å²) in [7, 11) is 0. The van der Waals surface area contributed by atoms with E-state index in [2.05, 4.69) is 15.0 Å². The predicted molar refractivity (Wildman–Crippen MR) is 67.5 cm³/mol. The molecule has 3 N–H and O–H groups in total. The number of rotatable bonds is 2. The molecule has 0 unspecified atom stereocenters. The van der Waals surface area contributed by atoms with E-state index in [0.717, 1.165) is 16.9 Å². The molecule has 2 heterocycles. The van der Waals surface area contributed by atoms with Crippen molar-refractivity contribution in [1.29, 1.82) is 0 Å². The molecule has 4 nitrogen and oxygen atoms in total. The van der Waals surface area contributed by atoms with Crippen LogP contribution in [0, 0.1) is 5.82 Å². The number of aromatic nitrogens is 3. The first-order valence-electron chi connectivity index (χ1n) is 5.56. The quantitative estimate of drug-likeness (QED) is 0.724. The first-order valence-corrected chi connectivity index (χ1v) is 5.56. The fourth-order valence-corrected chi connectivity index (χ4v) is 1.88. The molecule has 0 aliphatic carbocycles. The number of nitrogens with two attached hydrogens (primary N) is 1. The highest BCUT2D eigenvalue weighted by Gasteiger charge is 2.05. The summed E-state index contributed by atoms with van der Waals surface area (Å²) in [6.07, 6.45) is 0.536. The zero-order valence-electron chi connectivity index (χ0n) is 9.52. The number of pyridine rings is 1. The maximum atomic E-state index is 13.1. The second-order valence-corrected chi connectivity index (χ2v) is 4.10. The van der Waals surface area contributed by atoms with Crippen molar-refractivity contribution in [2.24, 2.45) is 0 Å². The van der Waals surface area contributed by atoms with Gasteiger partial charge in [-0.3, -0.25) is 0 Å². The van der Waals surface area contributed by atoms with Gasteiger partial charge in [-0.1, -0.05) is 12.1 Å². The van der Waals surface area contributed by atoms with Crippen molar-refractivity contribution in [3.8, 4) is 0 Å². The summed E-state index contributed by atoms with van der Waals surface area (Å²) in [5.74, 6) is 0.936. The van der Waals surface area contributed by atoms with Crippen molar-refractivity contribution in [3.05, 3.63) is 53.6 Å². The first kappa shape index (κ1) is 10.7. The molecule has 0 radical (unpaired) electrons. The van der Waals surface area contributed by atoms with Gasteiger partial charge < -0.3 is 10.7 Å². The Morgan fingerprint density at radius 3 is 2.89 bits per heavy atom. The molecule has 0 fully saturated rings. The minimum atomic E-state index is -0.244. The van der Waals surface area contributed by atoms with E-state index in [9.17, 15) is 4.39 Å². The maximum Gasteiger partial charge on any atom is 0.179 e. The third-order valence-corrected chi connectivity index (χ3v) is 2.68. The lowest BCUT2D eigenvalue weighted by Crippen LogP contribution is -1.91. The zero-order valence-corrected chi connectivity index (χ0v) is 9.52. The Labute approximate surface area is 103 Å². The highest BCUT2D eigenvalue weighted by atomic mass is 19.1. The summed E-state index contributed by atoms with van der Waals surface area (Å²) in [5.41, 5.74) is 7.87. The molecule has 0 amide bonds. The van der Waals surface area contributed by atoms with Gasteiger partial charge in [0.1, 0.15) is 17.5 Å². The molecule has 2 aromatic heterocycles. The van der Waals surface area contributed by atoms with E-state index in [0.29, 0.717) is 17.9 Å². The lowest BCUT2D eigenvalue weighted by molar-refractivity contribution is 0.626. The Balaban J connectivity index is 1.95. The van der Waals surface area contributed by atoms with E-state index in [1.54, 1.807) is 12.1 Å². The van der Waals surface area contributed by atoms with Crippen LogP contribution in [0.3, 0.4) is 0 Å². The van der Waals surface area contributed by atoms with Crippen LogP contribution in [0.4, 0.5) is 10.2 Å². The Morgan fingerprint density at radius 2 is 2.06 bits per heavy atom. The number of anilines is 1. The van der Waals surface area contributed by atoms with Gasteiger partial charge in [-0.25, -0.2) is 14.4 Å². The van der Waals surface area contributed by atoms with Crippen LogP contribution >= 0.6 is 0 Å². The van der Waals surface area contributed by atoms with Gasteiger partial charge >= 0.3 is 0 Å². The number of imidazole rings is 1. The summed E-state index contributed by atoms with van der Waals surface area (Å²) >= 11 is 0. The van der Waals surface area contributed by atoms with Crippen molar-refractivity contribution >= 4 is 17.0 Å². The van der Waals surface area contributed by atoms with Gasteiger partial charge in [0.25, 0.3) is 0 Å². The molecule has 0 spiro atoms. The molecule has 1 aromatic carbocycles. The fourth-order valence-electron chi connectivity index (χ4n) is 1.88. The highest BCUT2D eigenvalue weighted by Crippen LogP contribution is 2.14. The number of H-pyrrole nitrogens is 1. The van der Waals surface area contributed by atoms with Gasteiger partial charge in [-0.2, -0.15) is 0 Å². The molecule has 3 rings (SSSR count). The monoisotopic (exact) mass is 242 g/mol. The zero-order chi connectivity index (χ0) is 12.5. The molecule has 0 aliphatic rings. The molecule has 0 atom stereocenters. The number of nitrogen functional groups attached to an aromatic ring is 1. The number of aromatic amines is 1. The van der Waals surface area contributed by atoms with Crippen molar-refractivity contribution in [2.45, 2.75) is 6.42 Å². The van der Waals surface area contributed by atoms with Gasteiger partial charge in [0.05, 0.1) is 5.52 Å². The van der Waals surface area contributed by atoms with E-state index in [1.807, 2.05) is 12.1 Å². The summed E-state index contributed by atoms with van der Waals surface area (Å²) in [6.45, 7) is 0. The first-order chi connectivity index (χ1) is 8.70. The van der Waals surface area contributed by atoms with E-state index >= 15 is 0 Å². The summed E-state index contributed by atoms with van der Waals surface area (Å²) in [5, 5.41) is 0. The second kappa shape index (κ2) is 4.10. The molecule has 3 aromatic rings. The standard InChI is InChI=1S/C13H11FN4/c14-9-3-1-2-8(6-9)7-12-16-10-4-5-11(15)17-13(10)18-12/h1-6H,7H2,(H3,15,16,17,18). The molecule has 0 saturated heterocycles. The summed E-state index contributed by atoms with van der Waals surface area (Å²) in [4.78, 5) is 11.6. The molecule has 18 heavy (non-hydrogen) atoms. The average Bonchev–Trinajstić information content (AvgIpc) is 2.70. The molecule has 0 aliphatic heterocycles. The summed E-state index contributed by atoms with van der Waals surface area (Å²) < 4.78 is 13.1. The van der Waals surface area contributed by atoms with Crippen LogP contribution in [0.1, 0.15) is 11.4 Å². The van der Waals surface area contributed by atoms with Crippen LogP contribution in [-0.2, 0) is 6.42 Å². The SMILES string of the molecule is Nc1ccc2[nH]c(Cc3cccc(F)c3)nc2n1.